The van der Waals surface area contributed by atoms with Gasteiger partial charge in [-0.15, -0.1) is 10.2 Å². The van der Waals surface area contributed by atoms with Gasteiger partial charge in [0.1, 0.15) is 11.1 Å². The smallest absolute Gasteiger partial charge is 0.332 e. The van der Waals surface area contributed by atoms with Crippen molar-refractivity contribution in [3.8, 4) is 0 Å². The van der Waals surface area contributed by atoms with Crippen LogP contribution in [0.4, 0.5) is 5.13 Å². The van der Waals surface area contributed by atoms with E-state index >= 15 is 0 Å². The molecule has 1 aromatic heterocycles. The average Bonchev–Trinajstić information content (AvgIpc) is 2.97. The molecule has 0 radical (unpaired) electrons. The van der Waals surface area contributed by atoms with Crippen LogP contribution in [0.5, 0.6) is 0 Å². The first-order chi connectivity index (χ1) is 9.45. The molecule has 8 heteroatoms. The number of aliphatic carboxylic acids is 1. The number of rotatable bonds is 5. The molecule has 0 aromatic carbocycles. The van der Waals surface area contributed by atoms with Crippen LogP contribution in [0.1, 0.15) is 31.7 Å². The van der Waals surface area contributed by atoms with Gasteiger partial charge in [-0.1, -0.05) is 25.2 Å². The summed E-state index contributed by atoms with van der Waals surface area (Å²) in [5.41, 5.74) is 0. The van der Waals surface area contributed by atoms with Crippen LogP contribution in [-0.4, -0.2) is 39.4 Å². The number of amides is 1. The molecule has 2 heterocycles. The Labute approximate surface area is 120 Å². The Bertz CT molecular complexity index is 503. The van der Waals surface area contributed by atoms with Crippen LogP contribution in [0.2, 0.25) is 0 Å². The van der Waals surface area contributed by atoms with E-state index in [2.05, 4.69) is 29.4 Å². The molecule has 2 atom stereocenters. The number of hydrogen-bond acceptors (Lipinski definition) is 6. The van der Waals surface area contributed by atoms with E-state index in [9.17, 15) is 9.59 Å². The van der Waals surface area contributed by atoms with Crippen LogP contribution < -0.4 is 5.32 Å². The number of nitrogens with zero attached hydrogens (tertiary/aromatic N) is 2. The Morgan fingerprint density at radius 2 is 2.10 bits per heavy atom. The Balaban J connectivity index is 1.88. The van der Waals surface area contributed by atoms with Crippen LogP contribution in [0.15, 0.2) is 0 Å². The molecule has 0 spiro atoms. The SMILES string of the molecule is CC(C)Cc1nnc(NC(=O)C2CCC(C(=O)O)O2)s1. The molecule has 110 valence electrons. The Kier molecular flexibility index (Phi) is 4.66. The van der Waals surface area contributed by atoms with Crippen molar-refractivity contribution in [2.75, 3.05) is 5.32 Å². The van der Waals surface area contributed by atoms with Gasteiger partial charge in [-0.05, 0) is 18.8 Å². The number of carboxylic acids is 1. The molecule has 1 aliphatic heterocycles. The van der Waals surface area contributed by atoms with Gasteiger partial charge in [0.2, 0.25) is 5.13 Å². The Morgan fingerprint density at radius 1 is 1.40 bits per heavy atom. The average molecular weight is 299 g/mol. The maximum absolute atomic E-state index is 11.9. The standard InChI is InChI=1S/C12H17N3O4S/c1-6(2)5-9-14-15-12(20-9)13-10(16)7-3-4-8(19-7)11(17)18/h6-8H,3-5H2,1-2H3,(H,17,18)(H,13,15,16). The molecule has 1 aliphatic rings. The molecule has 20 heavy (non-hydrogen) atoms. The fourth-order valence-electron chi connectivity index (χ4n) is 1.93. The maximum Gasteiger partial charge on any atom is 0.332 e. The van der Waals surface area contributed by atoms with Crippen molar-refractivity contribution < 1.29 is 19.4 Å². The molecular formula is C12H17N3O4S. The largest absolute Gasteiger partial charge is 0.479 e. The number of carbonyl (C=O) groups is 2. The minimum Gasteiger partial charge on any atom is -0.479 e. The number of hydrogen-bond donors (Lipinski definition) is 2. The minimum absolute atomic E-state index is 0.349. The predicted molar refractivity (Wildman–Crippen MR) is 72.6 cm³/mol. The summed E-state index contributed by atoms with van der Waals surface area (Å²) in [7, 11) is 0. The Morgan fingerprint density at radius 3 is 2.70 bits per heavy atom. The summed E-state index contributed by atoms with van der Waals surface area (Å²) < 4.78 is 5.17. The summed E-state index contributed by atoms with van der Waals surface area (Å²) >= 11 is 1.33. The highest BCUT2D eigenvalue weighted by molar-refractivity contribution is 7.15. The molecule has 1 aromatic rings. The predicted octanol–water partition coefficient (Wildman–Crippen LogP) is 1.31. The number of nitrogens with one attached hydrogen (secondary N) is 1. The van der Waals surface area contributed by atoms with Gasteiger partial charge in [-0.25, -0.2) is 4.79 Å². The molecule has 1 fully saturated rings. The lowest BCUT2D eigenvalue weighted by Gasteiger charge is -2.09. The number of anilines is 1. The van der Waals surface area contributed by atoms with Crippen molar-refractivity contribution in [2.45, 2.75) is 45.3 Å². The number of aromatic nitrogens is 2. The van der Waals surface area contributed by atoms with Crippen LogP contribution in [-0.2, 0) is 20.7 Å². The zero-order valence-corrected chi connectivity index (χ0v) is 12.1. The fourth-order valence-corrected chi connectivity index (χ4v) is 2.89. The summed E-state index contributed by atoms with van der Waals surface area (Å²) in [5, 5.41) is 20.6. The molecule has 0 saturated carbocycles. The third kappa shape index (κ3) is 3.73. The third-order valence-electron chi connectivity index (χ3n) is 2.87. The van der Waals surface area contributed by atoms with E-state index in [0.717, 1.165) is 11.4 Å². The maximum atomic E-state index is 11.9. The van der Waals surface area contributed by atoms with E-state index in [-0.39, 0.29) is 5.91 Å². The molecular weight excluding hydrogens is 282 g/mol. The lowest BCUT2D eigenvalue weighted by atomic mass is 10.1. The monoisotopic (exact) mass is 299 g/mol. The van der Waals surface area contributed by atoms with E-state index in [1.165, 1.54) is 11.3 Å². The molecule has 7 nitrogen and oxygen atoms in total. The van der Waals surface area contributed by atoms with Crippen molar-refractivity contribution in [1.29, 1.82) is 0 Å². The fraction of sp³-hybridized carbons (Fsp3) is 0.667. The van der Waals surface area contributed by atoms with E-state index in [1.807, 2.05) is 0 Å². The lowest BCUT2D eigenvalue weighted by molar-refractivity contribution is -0.150. The molecule has 0 bridgehead atoms. The summed E-state index contributed by atoms with van der Waals surface area (Å²) in [6, 6.07) is 0. The van der Waals surface area contributed by atoms with Gasteiger partial charge in [0.15, 0.2) is 6.10 Å². The van der Waals surface area contributed by atoms with Crippen molar-refractivity contribution in [3.63, 3.8) is 0 Å². The zero-order chi connectivity index (χ0) is 14.7. The summed E-state index contributed by atoms with van der Waals surface area (Å²) in [5.74, 6) is -0.919. The van der Waals surface area contributed by atoms with Gasteiger partial charge in [0, 0.05) is 6.42 Å². The molecule has 0 aliphatic carbocycles. The zero-order valence-electron chi connectivity index (χ0n) is 11.3. The number of ether oxygens (including phenoxy) is 1. The van der Waals surface area contributed by atoms with Crippen LogP contribution in [0, 0.1) is 5.92 Å². The number of carboxylic acid groups (broad SMARTS) is 1. The molecule has 1 saturated heterocycles. The van der Waals surface area contributed by atoms with Crippen molar-refractivity contribution in [1.82, 2.24) is 10.2 Å². The first-order valence-electron chi connectivity index (χ1n) is 6.47. The van der Waals surface area contributed by atoms with Gasteiger partial charge in [-0.2, -0.15) is 0 Å². The topological polar surface area (TPSA) is 101 Å². The third-order valence-corrected chi connectivity index (χ3v) is 3.73. The van der Waals surface area contributed by atoms with Gasteiger partial charge in [0.05, 0.1) is 0 Å². The lowest BCUT2D eigenvalue weighted by Crippen LogP contribution is -2.29. The summed E-state index contributed by atoms with van der Waals surface area (Å²) in [6.45, 7) is 4.16. The van der Waals surface area contributed by atoms with Gasteiger partial charge in [-0.3, -0.25) is 10.1 Å². The quantitative estimate of drug-likeness (QED) is 0.850. The first-order valence-corrected chi connectivity index (χ1v) is 7.29. The van der Waals surface area contributed by atoms with Gasteiger partial charge in [0.25, 0.3) is 5.91 Å². The Hall–Kier alpha value is -1.54. The van der Waals surface area contributed by atoms with E-state index in [4.69, 9.17) is 9.84 Å². The number of carbonyl (C=O) groups excluding carboxylic acids is 1. The van der Waals surface area contributed by atoms with Crippen LogP contribution in [0.25, 0.3) is 0 Å². The van der Waals surface area contributed by atoms with Crippen molar-refractivity contribution in [3.05, 3.63) is 5.01 Å². The van der Waals surface area contributed by atoms with Gasteiger partial charge >= 0.3 is 5.97 Å². The second kappa shape index (κ2) is 6.27. The highest BCUT2D eigenvalue weighted by Gasteiger charge is 2.35. The van der Waals surface area contributed by atoms with E-state index in [1.54, 1.807) is 0 Å². The van der Waals surface area contributed by atoms with Crippen LogP contribution in [0.3, 0.4) is 0 Å². The van der Waals surface area contributed by atoms with Crippen LogP contribution >= 0.6 is 11.3 Å². The molecule has 2 unspecified atom stereocenters. The summed E-state index contributed by atoms with van der Waals surface area (Å²) in [4.78, 5) is 22.7. The highest BCUT2D eigenvalue weighted by Crippen LogP contribution is 2.23. The second-order valence-corrected chi connectivity index (χ2v) is 6.18. The highest BCUT2D eigenvalue weighted by atomic mass is 32.1. The second-order valence-electron chi connectivity index (χ2n) is 5.12. The van der Waals surface area contributed by atoms with Crippen molar-refractivity contribution >= 4 is 28.3 Å². The van der Waals surface area contributed by atoms with E-state index in [0.29, 0.717) is 23.9 Å². The molecule has 2 N–H and O–H groups in total. The molecule has 1 amide bonds. The normalized spacial score (nSPS) is 22.1. The van der Waals surface area contributed by atoms with Gasteiger partial charge < -0.3 is 9.84 Å². The van der Waals surface area contributed by atoms with E-state index < -0.39 is 18.2 Å². The summed E-state index contributed by atoms with van der Waals surface area (Å²) in [6.07, 6.45) is -0.0536. The minimum atomic E-state index is -1.03. The first kappa shape index (κ1) is 14.9. The van der Waals surface area contributed by atoms with Crippen molar-refractivity contribution in [2.24, 2.45) is 5.92 Å². The molecule has 2 rings (SSSR count).